The number of tetrazole rings is 1. The first-order chi connectivity index (χ1) is 25.3. The van der Waals surface area contributed by atoms with Crippen LogP contribution in [0.2, 0.25) is 0 Å². The summed E-state index contributed by atoms with van der Waals surface area (Å²) in [6, 6.07) is 29.5. The fourth-order valence-electron chi connectivity index (χ4n) is 7.14. The Morgan fingerprint density at radius 3 is 2.49 bits per heavy atom. The van der Waals surface area contributed by atoms with Crippen LogP contribution in [0.4, 0.5) is 0 Å². The summed E-state index contributed by atoms with van der Waals surface area (Å²) in [5.74, 6) is -0.455. The van der Waals surface area contributed by atoms with Crippen LogP contribution in [0.25, 0.3) is 21.7 Å². The Bertz CT molecular complexity index is 2170. The van der Waals surface area contributed by atoms with E-state index in [1.807, 2.05) is 108 Å². The molecule has 7 rings (SSSR count). The molecule has 0 unspecified atom stereocenters. The van der Waals surface area contributed by atoms with Crippen molar-refractivity contribution in [3.05, 3.63) is 126 Å². The summed E-state index contributed by atoms with van der Waals surface area (Å²) in [4.78, 5) is 45.6. The zero-order valence-corrected chi connectivity index (χ0v) is 33.1. The van der Waals surface area contributed by atoms with Crippen molar-refractivity contribution in [1.82, 2.24) is 40.3 Å². The summed E-state index contributed by atoms with van der Waals surface area (Å²) in [6.45, 7) is 1.04. The zero-order valence-electron chi connectivity index (χ0n) is 30.0. The maximum atomic E-state index is 14.3. The Balaban J connectivity index is 0.00000481. The van der Waals surface area contributed by atoms with Gasteiger partial charge in [-0.05, 0) is 47.2 Å². The van der Waals surface area contributed by atoms with Crippen LogP contribution in [-0.4, -0.2) is 84.5 Å². The number of amides is 3. The van der Waals surface area contributed by atoms with Crippen molar-refractivity contribution in [1.29, 1.82) is 0 Å². The maximum absolute atomic E-state index is 14.3. The largest absolute Gasteiger partial charge is 1.00 e. The minimum atomic E-state index is -0.956. The van der Waals surface area contributed by atoms with E-state index in [0.717, 1.165) is 45.6 Å². The van der Waals surface area contributed by atoms with E-state index < -0.39 is 24.1 Å². The molecule has 1 saturated heterocycles. The molecule has 0 bridgehead atoms. The normalized spacial score (nSPS) is 16.0. The average Bonchev–Trinajstić information content (AvgIpc) is 3.92. The molecule has 13 heteroatoms. The van der Waals surface area contributed by atoms with Crippen LogP contribution in [0.3, 0.4) is 0 Å². The van der Waals surface area contributed by atoms with Crippen molar-refractivity contribution >= 4 is 39.4 Å². The van der Waals surface area contributed by atoms with Gasteiger partial charge in [0.2, 0.25) is 11.8 Å². The van der Waals surface area contributed by atoms with Gasteiger partial charge in [0.25, 0.3) is 5.91 Å². The van der Waals surface area contributed by atoms with Crippen LogP contribution >= 0.6 is 0 Å². The number of β-amino-alcohol motifs (C(OH)–C–C–N with tert-alkyl or cyclic N) is 1. The van der Waals surface area contributed by atoms with Crippen LogP contribution < -0.4 is 61.8 Å². The number of unbranched alkanes of at least 4 members (excludes halogenated alkanes) is 1. The van der Waals surface area contributed by atoms with E-state index in [1.165, 1.54) is 4.90 Å². The van der Waals surface area contributed by atoms with Crippen molar-refractivity contribution in [2.45, 2.75) is 63.4 Å². The first kappa shape index (κ1) is 38.5. The summed E-state index contributed by atoms with van der Waals surface area (Å²) < 4.78 is 2.05. The number of carbonyl (C=O) groups is 3. The van der Waals surface area contributed by atoms with Gasteiger partial charge < -0.3 is 29.9 Å². The predicted molar refractivity (Wildman–Crippen MR) is 196 cm³/mol. The molecule has 3 amide bonds. The second kappa shape index (κ2) is 17.7. The minimum Gasteiger partial charge on any atom is -0.391 e. The number of aliphatic hydroxyl groups excluding tert-OH is 1. The third-order valence-corrected chi connectivity index (χ3v) is 9.78. The van der Waals surface area contributed by atoms with Crippen molar-refractivity contribution < 1.29 is 70.9 Å². The molecule has 2 aromatic heterocycles. The van der Waals surface area contributed by atoms with Crippen LogP contribution in [0.1, 0.15) is 46.6 Å². The predicted octanol–water partition coefficient (Wildman–Crippen LogP) is 0.925. The summed E-state index contributed by atoms with van der Waals surface area (Å²) in [7, 11) is 1.73. The van der Waals surface area contributed by atoms with Gasteiger partial charge >= 0.3 is 51.4 Å². The average molecular weight is 737 g/mol. The molecule has 0 saturated carbocycles. The fraction of sp³-hybridized carbons (Fsp3) is 0.300. The SMILES string of the molecule is CN(Cc1ccccc1)C(=O)[C@H](Cc1ccc2ccccc2c1)NC(=O)[C@H]1C[C@H](O)CN1C(=O)c1cn(CCCCc2nnn[n-]2)c2ccccc12.[K+]. The zero-order chi connectivity index (χ0) is 36.0. The van der Waals surface area contributed by atoms with Gasteiger partial charge in [-0.3, -0.25) is 24.7 Å². The number of hydrogen-bond donors (Lipinski definition) is 2. The van der Waals surface area contributed by atoms with Crippen molar-refractivity contribution in [3.63, 3.8) is 0 Å². The van der Waals surface area contributed by atoms with Crippen LogP contribution in [0.15, 0.2) is 103 Å². The van der Waals surface area contributed by atoms with E-state index in [0.29, 0.717) is 30.9 Å². The third-order valence-electron chi connectivity index (χ3n) is 9.78. The van der Waals surface area contributed by atoms with E-state index in [2.05, 4.69) is 25.9 Å². The van der Waals surface area contributed by atoms with Crippen molar-refractivity contribution in [2.75, 3.05) is 13.6 Å². The molecule has 12 nitrogen and oxygen atoms in total. The number of likely N-dealkylation sites (tertiary alicyclic amines) is 1. The van der Waals surface area contributed by atoms with Gasteiger partial charge in [0.1, 0.15) is 12.1 Å². The van der Waals surface area contributed by atoms with Gasteiger partial charge in [-0.15, -0.1) is 0 Å². The molecule has 1 fully saturated rings. The molecule has 266 valence electrons. The third kappa shape index (κ3) is 9.11. The number of hydrogen-bond acceptors (Lipinski definition) is 7. The molecule has 6 aromatic rings. The number of aromatic nitrogens is 5. The molecule has 3 heterocycles. The number of rotatable bonds is 13. The molecule has 0 radical (unpaired) electrons. The van der Waals surface area contributed by atoms with E-state index in [-0.39, 0.29) is 82.6 Å². The van der Waals surface area contributed by atoms with E-state index >= 15 is 0 Å². The summed E-state index contributed by atoms with van der Waals surface area (Å²) in [6.07, 6.45) is 3.58. The van der Waals surface area contributed by atoms with Gasteiger partial charge in [-0.2, -0.15) is 5.21 Å². The van der Waals surface area contributed by atoms with Gasteiger partial charge in [0.05, 0.1) is 11.7 Å². The van der Waals surface area contributed by atoms with E-state index in [9.17, 15) is 19.5 Å². The summed E-state index contributed by atoms with van der Waals surface area (Å²) >= 11 is 0. The summed E-state index contributed by atoms with van der Waals surface area (Å²) in [5.41, 5.74) is 3.23. The molecule has 53 heavy (non-hydrogen) atoms. The smallest absolute Gasteiger partial charge is 0.391 e. The van der Waals surface area contributed by atoms with Gasteiger partial charge in [0, 0.05) is 62.4 Å². The maximum Gasteiger partial charge on any atom is 1.00 e. The van der Waals surface area contributed by atoms with Gasteiger partial charge in [0.15, 0.2) is 0 Å². The molecule has 3 atom stereocenters. The molecular formula is C40H41KN8O4. The molecule has 0 spiro atoms. The first-order valence-electron chi connectivity index (χ1n) is 17.7. The summed E-state index contributed by atoms with van der Waals surface area (Å²) in [5, 5.41) is 31.6. The number of carbonyl (C=O) groups excluding carboxylic acids is 3. The van der Waals surface area contributed by atoms with E-state index in [1.54, 1.807) is 11.9 Å². The van der Waals surface area contributed by atoms with Crippen LogP contribution in [0.5, 0.6) is 0 Å². The van der Waals surface area contributed by atoms with Crippen LogP contribution in [0, 0.1) is 0 Å². The second-order valence-electron chi connectivity index (χ2n) is 13.5. The molecule has 1 aliphatic heterocycles. The Hall–Kier alpha value is -4.24. The number of likely N-dealkylation sites (N-methyl/N-ethyl adjacent to an activating group) is 1. The number of aryl methyl sites for hydroxylation is 2. The number of nitrogens with one attached hydrogen (secondary N) is 1. The molecular weight excluding hydrogens is 696 g/mol. The Morgan fingerprint density at radius 2 is 1.70 bits per heavy atom. The standard InChI is InChI=1S/C40H42N8O4.K/c1-46(24-27-11-3-2-4-12-27)40(52)34(22-28-18-19-29-13-5-6-14-30(29)21-28)41-38(50)36-23-31(49)25-48(36)39(51)33-26-47(35-16-8-7-15-32(33)35)20-10-9-17-37-42-44-45-43-37;/h2-8,11-16,18-19,21,26,31,34,36,49H,9-10,17,20,22-25H2,1H3,(H2,41,42,43,44,45,50);/q;+1/p-1/t31-,34-,36+;/m0./s1. The number of nitrogens with zero attached hydrogens (tertiary/aromatic N) is 7. The Kier molecular flexibility index (Phi) is 12.9. The topological polar surface area (TPSA) is 148 Å². The number of aliphatic hydroxyl groups is 1. The quantitative estimate of drug-likeness (QED) is 0.132. The van der Waals surface area contributed by atoms with Gasteiger partial charge in [-0.1, -0.05) is 91.0 Å². The first-order valence-corrected chi connectivity index (χ1v) is 17.7. The molecule has 2 N–H and O–H groups in total. The molecule has 1 aliphatic rings. The number of fused-ring (bicyclic) bond motifs is 2. The number of para-hydroxylation sites is 1. The van der Waals surface area contributed by atoms with Gasteiger partial charge in [-0.25, -0.2) is 0 Å². The molecule has 4 aromatic carbocycles. The second-order valence-corrected chi connectivity index (χ2v) is 13.5. The van der Waals surface area contributed by atoms with Crippen molar-refractivity contribution in [2.24, 2.45) is 0 Å². The Labute approximate surface area is 350 Å². The van der Waals surface area contributed by atoms with E-state index in [4.69, 9.17) is 0 Å². The van der Waals surface area contributed by atoms with Crippen molar-refractivity contribution in [3.8, 4) is 0 Å². The number of benzene rings is 4. The minimum absolute atomic E-state index is 0. The fourth-order valence-corrected chi connectivity index (χ4v) is 7.14. The Morgan fingerprint density at radius 1 is 0.943 bits per heavy atom. The monoisotopic (exact) mass is 736 g/mol. The molecule has 0 aliphatic carbocycles. The van der Waals surface area contributed by atoms with Crippen LogP contribution in [-0.2, 0) is 35.5 Å².